The second-order valence-electron chi connectivity index (χ2n) is 5.38. The van der Waals surface area contributed by atoms with E-state index in [-0.39, 0.29) is 12.7 Å². The van der Waals surface area contributed by atoms with Crippen LogP contribution in [0.15, 0.2) is 52.6 Å². The largest absolute Gasteiger partial charge is 0.461 e. The van der Waals surface area contributed by atoms with Crippen molar-refractivity contribution in [3.8, 4) is 0 Å². The molecule has 0 radical (unpaired) electrons. The van der Waals surface area contributed by atoms with Crippen LogP contribution in [0.1, 0.15) is 36.5 Å². The summed E-state index contributed by atoms with van der Waals surface area (Å²) in [7, 11) is 0. The predicted octanol–water partition coefficient (Wildman–Crippen LogP) is 3.72. The Morgan fingerprint density at radius 2 is 2.00 bits per heavy atom. The van der Waals surface area contributed by atoms with Crippen molar-refractivity contribution in [1.82, 2.24) is 4.90 Å². The zero-order valence-corrected chi connectivity index (χ0v) is 12.9. The highest BCUT2D eigenvalue weighted by Gasteiger charge is 2.40. The van der Waals surface area contributed by atoms with Gasteiger partial charge >= 0.3 is 6.09 Å². The number of hydrogen-bond donors (Lipinski definition) is 1. The molecule has 1 fully saturated rings. The van der Waals surface area contributed by atoms with E-state index < -0.39 is 6.04 Å². The number of aliphatic hydroxyl groups excluding tert-OH is 1. The maximum absolute atomic E-state index is 12.2. The fourth-order valence-electron chi connectivity index (χ4n) is 2.68. The van der Waals surface area contributed by atoms with Crippen molar-refractivity contribution < 1.29 is 19.1 Å². The van der Waals surface area contributed by atoms with Crippen LogP contribution in [-0.4, -0.2) is 22.6 Å². The molecule has 2 aromatic rings. The molecule has 1 atom stereocenters. The Bertz CT molecular complexity index is 705. The molecule has 0 bridgehead atoms. The second kappa shape index (κ2) is 6.71. The van der Waals surface area contributed by atoms with Gasteiger partial charge in [0.25, 0.3) is 0 Å². The lowest BCUT2D eigenvalue weighted by atomic mass is 10.1. The topological polar surface area (TPSA) is 62.9 Å². The predicted molar refractivity (Wildman–Crippen MR) is 85.3 cm³/mol. The van der Waals surface area contributed by atoms with Crippen molar-refractivity contribution in [2.24, 2.45) is 0 Å². The number of ether oxygens (including phenoxy) is 1. The summed E-state index contributed by atoms with van der Waals surface area (Å²) in [4.78, 5) is 13.8. The zero-order chi connectivity index (χ0) is 16.2. The van der Waals surface area contributed by atoms with Gasteiger partial charge in [-0.25, -0.2) is 4.79 Å². The summed E-state index contributed by atoms with van der Waals surface area (Å²) >= 11 is 0. The normalized spacial score (nSPS) is 19.4. The Hall–Kier alpha value is -2.53. The van der Waals surface area contributed by atoms with Crippen LogP contribution in [-0.2, 0) is 11.3 Å². The number of amides is 1. The first-order valence-electron chi connectivity index (χ1n) is 7.67. The summed E-state index contributed by atoms with van der Waals surface area (Å²) in [5, 5.41) is 9.20. The number of carbonyl (C=O) groups excluding carboxylic acids is 1. The molecule has 1 saturated heterocycles. The average molecular weight is 313 g/mol. The van der Waals surface area contributed by atoms with Crippen molar-refractivity contribution in [2.45, 2.75) is 26.0 Å². The van der Waals surface area contributed by atoms with Gasteiger partial charge in [-0.1, -0.05) is 37.3 Å². The lowest BCUT2D eigenvalue weighted by Gasteiger charge is -2.19. The number of hydrogen-bond acceptors (Lipinski definition) is 4. The highest BCUT2D eigenvalue weighted by Crippen LogP contribution is 2.38. The van der Waals surface area contributed by atoms with Gasteiger partial charge in [0.1, 0.15) is 23.9 Å². The van der Waals surface area contributed by atoms with Crippen molar-refractivity contribution in [3.63, 3.8) is 0 Å². The fraction of sp³-hybridized carbons (Fsp3) is 0.278. The Kier molecular flexibility index (Phi) is 4.48. The molecule has 1 aliphatic rings. The van der Waals surface area contributed by atoms with E-state index in [1.807, 2.05) is 43.3 Å². The maximum Gasteiger partial charge on any atom is 0.416 e. The molecule has 1 aliphatic heterocycles. The van der Waals surface area contributed by atoms with Gasteiger partial charge in [-0.2, -0.15) is 0 Å². The molecule has 0 saturated carbocycles. The van der Waals surface area contributed by atoms with E-state index >= 15 is 0 Å². The zero-order valence-electron chi connectivity index (χ0n) is 12.9. The fourth-order valence-corrected chi connectivity index (χ4v) is 2.68. The number of furan rings is 1. The first-order valence-corrected chi connectivity index (χ1v) is 7.67. The lowest BCUT2D eigenvalue weighted by molar-refractivity contribution is 0.163. The quantitative estimate of drug-likeness (QED) is 0.914. The molecular formula is C18H19NO4. The Balaban J connectivity index is 1.99. The summed E-state index contributed by atoms with van der Waals surface area (Å²) in [5.74, 6) is 1.60. The number of carbonyl (C=O) groups is 1. The minimum absolute atomic E-state index is 0.174. The summed E-state index contributed by atoms with van der Waals surface area (Å²) in [6.07, 6.45) is 2.29. The summed E-state index contributed by atoms with van der Waals surface area (Å²) < 4.78 is 11.1. The minimum atomic E-state index is -0.400. The number of nitrogens with zero attached hydrogens (tertiary/aromatic N) is 1. The SMILES string of the molecule is CCCN1C(=O)O/C(=C\c2ccccc2)C1c1ccc(CO)o1. The third kappa shape index (κ3) is 3.14. The Morgan fingerprint density at radius 1 is 1.22 bits per heavy atom. The standard InChI is InChI=1S/C18H19NO4/c1-2-10-19-17(15-9-8-14(12-20)22-15)16(23-18(19)21)11-13-6-4-3-5-7-13/h3-9,11,17,20H,2,10,12H2,1H3/b16-11-. The van der Waals surface area contributed by atoms with Gasteiger partial charge in [0.15, 0.2) is 6.04 Å². The van der Waals surface area contributed by atoms with Crippen LogP contribution in [0.3, 0.4) is 0 Å². The van der Waals surface area contributed by atoms with Gasteiger partial charge < -0.3 is 14.3 Å². The summed E-state index contributed by atoms with van der Waals surface area (Å²) in [6, 6.07) is 12.8. The molecule has 120 valence electrons. The van der Waals surface area contributed by atoms with E-state index in [9.17, 15) is 9.90 Å². The number of rotatable bonds is 5. The highest BCUT2D eigenvalue weighted by atomic mass is 16.6. The first-order chi connectivity index (χ1) is 11.2. The van der Waals surface area contributed by atoms with Crippen LogP contribution in [0.4, 0.5) is 4.79 Å². The van der Waals surface area contributed by atoms with E-state index in [2.05, 4.69) is 0 Å². The van der Waals surface area contributed by atoms with E-state index in [1.54, 1.807) is 17.0 Å². The molecule has 1 aromatic heterocycles. The van der Waals surface area contributed by atoms with Crippen molar-refractivity contribution in [1.29, 1.82) is 0 Å². The van der Waals surface area contributed by atoms with Gasteiger partial charge in [0.2, 0.25) is 0 Å². The van der Waals surface area contributed by atoms with Gasteiger partial charge in [-0.15, -0.1) is 0 Å². The van der Waals surface area contributed by atoms with Crippen LogP contribution < -0.4 is 0 Å². The van der Waals surface area contributed by atoms with Gasteiger partial charge in [-0.3, -0.25) is 4.90 Å². The Labute approximate surface area is 134 Å². The van der Waals surface area contributed by atoms with Crippen LogP contribution in [0.5, 0.6) is 0 Å². The van der Waals surface area contributed by atoms with Gasteiger partial charge in [0, 0.05) is 6.54 Å². The van der Waals surface area contributed by atoms with Gasteiger partial charge in [-0.05, 0) is 30.2 Å². The first kappa shape index (κ1) is 15.4. The molecule has 1 amide bonds. The van der Waals surface area contributed by atoms with Crippen LogP contribution >= 0.6 is 0 Å². The maximum atomic E-state index is 12.2. The average Bonchev–Trinajstić information content (AvgIpc) is 3.14. The van der Waals surface area contributed by atoms with Crippen LogP contribution in [0.2, 0.25) is 0 Å². The molecule has 1 unspecified atom stereocenters. The molecule has 3 rings (SSSR count). The highest BCUT2D eigenvalue weighted by molar-refractivity contribution is 5.75. The van der Waals surface area contributed by atoms with Gasteiger partial charge in [0.05, 0.1) is 0 Å². The molecule has 1 N–H and O–H groups in total. The van der Waals surface area contributed by atoms with E-state index in [4.69, 9.17) is 9.15 Å². The molecular weight excluding hydrogens is 294 g/mol. The number of cyclic esters (lactones) is 1. The number of aliphatic hydroxyl groups is 1. The Morgan fingerprint density at radius 3 is 2.65 bits per heavy atom. The summed E-state index contributed by atoms with van der Waals surface area (Å²) in [6.45, 7) is 2.41. The minimum Gasteiger partial charge on any atom is -0.461 e. The second-order valence-corrected chi connectivity index (χ2v) is 5.38. The third-order valence-corrected chi connectivity index (χ3v) is 3.70. The smallest absolute Gasteiger partial charge is 0.416 e. The molecule has 2 heterocycles. The van der Waals surface area contributed by atoms with Crippen molar-refractivity contribution in [3.05, 3.63) is 65.3 Å². The summed E-state index contributed by atoms with van der Waals surface area (Å²) in [5.41, 5.74) is 0.951. The molecule has 23 heavy (non-hydrogen) atoms. The molecule has 0 spiro atoms. The van der Waals surface area contributed by atoms with E-state index in [0.717, 1.165) is 12.0 Å². The monoisotopic (exact) mass is 313 g/mol. The van der Waals surface area contributed by atoms with Crippen molar-refractivity contribution >= 4 is 12.2 Å². The lowest BCUT2D eigenvalue weighted by Crippen LogP contribution is -2.27. The third-order valence-electron chi connectivity index (χ3n) is 3.70. The number of benzene rings is 1. The van der Waals surface area contributed by atoms with Crippen molar-refractivity contribution in [2.75, 3.05) is 6.54 Å². The van der Waals surface area contributed by atoms with Crippen LogP contribution in [0, 0.1) is 0 Å². The molecule has 1 aromatic carbocycles. The molecule has 0 aliphatic carbocycles. The molecule has 5 heteroatoms. The molecule has 5 nitrogen and oxygen atoms in total. The van der Waals surface area contributed by atoms with E-state index in [1.165, 1.54) is 0 Å². The van der Waals surface area contributed by atoms with E-state index in [0.29, 0.717) is 23.8 Å². The van der Waals surface area contributed by atoms with Crippen LogP contribution in [0.25, 0.3) is 6.08 Å².